The third-order valence-corrected chi connectivity index (χ3v) is 3.82. The maximum atomic E-state index is 11.9. The molecule has 0 aromatic carbocycles. The van der Waals surface area contributed by atoms with Gasteiger partial charge in [0.1, 0.15) is 5.60 Å². The molecule has 1 N–H and O–H groups in total. The van der Waals surface area contributed by atoms with Crippen LogP contribution >= 0.6 is 11.3 Å². The first kappa shape index (κ1) is 9.87. The van der Waals surface area contributed by atoms with Crippen LogP contribution in [0.1, 0.15) is 40.2 Å². The predicted octanol–water partition coefficient (Wildman–Crippen LogP) is 2.54. The first-order valence-corrected chi connectivity index (χ1v) is 5.77. The van der Waals surface area contributed by atoms with Crippen LogP contribution < -0.4 is 0 Å². The summed E-state index contributed by atoms with van der Waals surface area (Å²) in [5, 5.41) is 10.1. The molecule has 1 aromatic rings. The SMILES string of the molecule is Cc1ccc(C(=O)C2(O)CCCC2)s1. The van der Waals surface area contributed by atoms with Crippen molar-refractivity contribution in [1.82, 2.24) is 0 Å². The van der Waals surface area contributed by atoms with Gasteiger partial charge in [0.05, 0.1) is 4.88 Å². The second-order valence-electron chi connectivity index (χ2n) is 3.98. The summed E-state index contributed by atoms with van der Waals surface area (Å²) >= 11 is 1.47. The van der Waals surface area contributed by atoms with E-state index in [-0.39, 0.29) is 5.78 Å². The lowest BCUT2D eigenvalue weighted by Crippen LogP contribution is -2.34. The average Bonchev–Trinajstić information content (AvgIpc) is 2.74. The Balaban J connectivity index is 2.23. The third-order valence-electron chi connectivity index (χ3n) is 2.82. The molecular formula is C11H14O2S. The number of ketones is 1. The smallest absolute Gasteiger partial charge is 0.204 e. The molecule has 76 valence electrons. The van der Waals surface area contributed by atoms with Crippen LogP contribution in [0, 0.1) is 6.92 Å². The molecule has 0 atom stereocenters. The fourth-order valence-electron chi connectivity index (χ4n) is 1.97. The van der Waals surface area contributed by atoms with Gasteiger partial charge in [-0.25, -0.2) is 0 Å². The van der Waals surface area contributed by atoms with Crippen molar-refractivity contribution in [3.63, 3.8) is 0 Å². The summed E-state index contributed by atoms with van der Waals surface area (Å²) in [6, 6.07) is 3.74. The Morgan fingerprint density at radius 2 is 2.07 bits per heavy atom. The Labute approximate surface area is 87.6 Å². The van der Waals surface area contributed by atoms with E-state index in [0.29, 0.717) is 17.7 Å². The van der Waals surface area contributed by atoms with Crippen LogP contribution in [-0.4, -0.2) is 16.5 Å². The molecule has 0 saturated heterocycles. The number of carbonyl (C=O) groups is 1. The van der Waals surface area contributed by atoms with Gasteiger partial charge in [-0.1, -0.05) is 0 Å². The van der Waals surface area contributed by atoms with E-state index in [1.807, 2.05) is 19.1 Å². The largest absolute Gasteiger partial charge is 0.382 e. The van der Waals surface area contributed by atoms with Crippen molar-refractivity contribution < 1.29 is 9.90 Å². The lowest BCUT2D eigenvalue weighted by atomic mass is 9.96. The van der Waals surface area contributed by atoms with Crippen LogP contribution in [-0.2, 0) is 0 Å². The molecule has 1 aliphatic rings. The van der Waals surface area contributed by atoms with Gasteiger partial charge < -0.3 is 5.11 Å². The molecule has 1 heterocycles. The molecule has 1 aromatic heterocycles. The molecule has 2 nitrogen and oxygen atoms in total. The molecular weight excluding hydrogens is 196 g/mol. The zero-order chi connectivity index (χ0) is 10.2. The van der Waals surface area contributed by atoms with Gasteiger partial charge in [-0.3, -0.25) is 4.79 Å². The number of thiophene rings is 1. The summed E-state index contributed by atoms with van der Waals surface area (Å²) in [7, 11) is 0. The van der Waals surface area contributed by atoms with Gasteiger partial charge in [0.15, 0.2) is 0 Å². The van der Waals surface area contributed by atoms with Crippen LogP contribution in [0.2, 0.25) is 0 Å². The third kappa shape index (κ3) is 1.62. The summed E-state index contributed by atoms with van der Waals surface area (Å²) in [6.45, 7) is 1.97. The van der Waals surface area contributed by atoms with Crippen molar-refractivity contribution >= 4 is 17.1 Å². The van der Waals surface area contributed by atoms with E-state index in [1.54, 1.807) is 0 Å². The second-order valence-corrected chi connectivity index (χ2v) is 5.27. The van der Waals surface area contributed by atoms with E-state index < -0.39 is 5.60 Å². The van der Waals surface area contributed by atoms with Gasteiger partial charge in [0.25, 0.3) is 0 Å². The van der Waals surface area contributed by atoms with Crippen LogP contribution in [0.4, 0.5) is 0 Å². The van der Waals surface area contributed by atoms with Crippen molar-refractivity contribution in [2.75, 3.05) is 0 Å². The highest BCUT2D eigenvalue weighted by Crippen LogP contribution is 2.34. The molecule has 0 amide bonds. The summed E-state index contributed by atoms with van der Waals surface area (Å²) < 4.78 is 0. The van der Waals surface area contributed by atoms with E-state index in [2.05, 4.69) is 0 Å². The summed E-state index contributed by atoms with van der Waals surface area (Å²) in [4.78, 5) is 13.8. The number of rotatable bonds is 2. The minimum Gasteiger partial charge on any atom is -0.382 e. The van der Waals surface area contributed by atoms with Gasteiger partial charge in [0.2, 0.25) is 5.78 Å². The number of hydrogen-bond acceptors (Lipinski definition) is 3. The monoisotopic (exact) mass is 210 g/mol. The molecule has 1 aliphatic carbocycles. The van der Waals surface area contributed by atoms with Crippen molar-refractivity contribution in [2.45, 2.75) is 38.2 Å². The zero-order valence-corrected chi connectivity index (χ0v) is 9.06. The first-order chi connectivity index (χ1) is 6.62. The minimum atomic E-state index is -1.06. The van der Waals surface area contributed by atoms with Crippen molar-refractivity contribution in [3.8, 4) is 0 Å². The number of hydrogen-bond donors (Lipinski definition) is 1. The second kappa shape index (κ2) is 3.48. The van der Waals surface area contributed by atoms with E-state index in [0.717, 1.165) is 17.7 Å². The molecule has 14 heavy (non-hydrogen) atoms. The zero-order valence-electron chi connectivity index (χ0n) is 8.25. The Bertz CT molecular complexity index is 348. The highest BCUT2D eigenvalue weighted by atomic mass is 32.1. The summed E-state index contributed by atoms with van der Waals surface area (Å²) in [6.07, 6.45) is 3.19. The van der Waals surface area contributed by atoms with Crippen molar-refractivity contribution in [3.05, 3.63) is 21.9 Å². The summed E-state index contributed by atoms with van der Waals surface area (Å²) in [5.74, 6) is -0.0758. The first-order valence-electron chi connectivity index (χ1n) is 4.95. The van der Waals surface area contributed by atoms with E-state index >= 15 is 0 Å². The van der Waals surface area contributed by atoms with Crippen molar-refractivity contribution in [2.24, 2.45) is 0 Å². The number of carbonyl (C=O) groups excluding carboxylic acids is 1. The lowest BCUT2D eigenvalue weighted by molar-refractivity contribution is 0.0357. The number of aryl methyl sites for hydroxylation is 1. The molecule has 2 rings (SSSR count). The molecule has 3 heteroatoms. The fourth-order valence-corrected chi connectivity index (χ4v) is 2.87. The minimum absolute atomic E-state index is 0.0758. The highest BCUT2D eigenvalue weighted by molar-refractivity contribution is 7.14. The Morgan fingerprint density at radius 3 is 2.57 bits per heavy atom. The van der Waals surface area contributed by atoms with Gasteiger partial charge in [-0.15, -0.1) is 11.3 Å². The molecule has 0 aliphatic heterocycles. The van der Waals surface area contributed by atoms with Gasteiger partial charge >= 0.3 is 0 Å². The molecule has 1 fully saturated rings. The van der Waals surface area contributed by atoms with Crippen LogP contribution in [0.25, 0.3) is 0 Å². The van der Waals surface area contributed by atoms with E-state index in [4.69, 9.17) is 0 Å². The normalized spacial score (nSPS) is 19.9. The standard InChI is InChI=1S/C11H14O2S/c1-8-4-5-9(14-8)10(12)11(13)6-2-3-7-11/h4-5,13H,2-3,6-7H2,1H3. The average molecular weight is 210 g/mol. The Kier molecular flexibility index (Phi) is 2.45. The van der Waals surface area contributed by atoms with Gasteiger partial charge in [-0.05, 0) is 44.7 Å². The summed E-state index contributed by atoms with van der Waals surface area (Å²) in [5.41, 5.74) is -1.06. The fraction of sp³-hybridized carbons (Fsp3) is 0.545. The molecule has 1 saturated carbocycles. The molecule has 0 bridgehead atoms. The van der Waals surface area contributed by atoms with E-state index in [1.165, 1.54) is 11.3 Å². The highest BCUT2D eigenvalue weighted by Gasteiger charge is 2.39. The van der Waals surface area contributed by atoms with Crippen molar-refractivity contribution in [1.29, 1.82) is 0 Å². The topological polar surface area (TPSA) is 37.3 Å². The van der Waals surface area contributed by atoms with Gasteiger partial charge in [0, 0.05) is 4.88 Å². The van der Waals surface area contributed by atoms with Crippen LogP contribution in [0.5, 0.6) is 0 Å². The van der Waals surface area contributed by atoms with E-state index in [9.17, 15) is 9.90 Å². The van der Waals surface area contributed by atoms with Crippen LogP contribution in [0.3, 0.4) is 0 Å². The maximum Gasteiger partial charge on any atom is 0.204 e. The predicted molar refractivity (Wildman–Crippen MR) is 56.8 cm³/mol. The lowest BCUT2D eigenvalue weighted by Gasteiger charge is -2.18. The number of aliphatic hydroxyl groups is 1. The quantitative estimate of drug-likeness (QED) is 0.762. The maximum absolute atomic E-state index is 11.9. The van der Waals surface area contributed by atoms with Crippen LogP contribution in [0.15, 0.2) is 12.1 Å². The van der Waals surface area contributed by atoms with Gasteiger partial charge in [-0.2, -0.15) is 0 Å². The molecule has 0 radical (unpaired) electrons. The molecule has 0 unspecified atom stereocenters. The Morgan fingerprint density at radius 1 is 1.43 bits per heavy atom. The molecule has 0 spiro atoms. The Hall–Kier alpha value is -0.670. The number of Topliss-reactive ketones (excluding diaryl/α,β-unsaturated/α-hetero) is 1.